The van der Waals surface area contributed by atoms with Crippen molar-refractivity contribution in [3.8, 4) is 5.75 Å². The van der Waals surface area contributed by atoms with Crippen LogP contribution in [0.4, 0.5) is 0 Å². The van der Waals surface area contributed by atoms with Crippen LogP contribution < -0.4 is 0 Å². The van der Waals surface area contributed by atoms with Crippen molar-refractivity contribution in [3.05, 3.63) is 29.3 Å². The Morgan fingerprint density at radius 2 is 1.85 bits per heavy atom. The maximum atomic E-state index is 10.4. The molecular formula is C21H32O5. The molecule has 1 unspecified atom stereocenters. The van der Waals surface area contributed by atoms with Crippen molar-refractivity contribution >= 4 is 0 Å². The van der Waals surface area contributed by atoms with Crippen molar-refractivity contribution in [1.82, 2.24) is 0 Å². The molecule has 26 heavy (non-hydrogen) atoms. The van der Waals surface area contributed by atoms with E-state index in [1.165, 1.54) is 30.4 Å². The molecule has 3 aliphatic carbocycles. The van der Waals surface area contributed by atoms with E-state index in [0.29, 0.717) is 17.6 Å². The van der Waals surface area contributed by atoms with Crippen LogP contribution in [0, 0.1) is 17.3 Å². The quantitative estimate of drug-likeness (QED) is 0.552. The minimum Gasteiger partial charge on any atom is -0.508 e. The first-order valence-electron chi connectivity index (χ1n) is 9.80. The molecule has 0 heterocycles. The summed E-state index contributed by atoms with van der Waals surface area (Å²) in [7, 11) is 0. The van der Waals surface area contributed by atoms with E-state index in [-0.39, 0.29) is 24.7 Å². The van der Waals surface area contributed by atoms with E-state index in [4.69, 9.17) is 15.3 Å². The van der Waals surface area contributed by atoms with E-state index in [2.05, 4.69) is 13.0 Å². The lowest BCUT2D eigenvalue weighted by Crippen LogP contribution is -2.43. The Kier molecular flexibility index (Phi) is 5.92. The molecule has 5 N–H and O–H groups in total. The fourth-order valence-electron chi connectivity index (χ4n) is 5.60. The molecule has 0 radical (unpaired) electrons. The molecule has 0 aliphatic heterocycles. The predicted octanol–water partition coefficient (Wildman–Crippen LogP) is 1.94. The molecule has 0 spiro atoms. The summed E-state index contributed by atoms with van der Waals surface area (Å²) in [6, 6.07) is 5.96. The normalized spacial score (nSPS) is 35.2. The van der Waals surface area contributed by atoms with Crippen LogP contribution in [0.25, 0.3) is 0 Å². The van der Waals surface area contributed by atoms with Crippen LogP contribution >= 0.6 is 0 Å². The second-order valence-electron chi connectivity index (χ2n) is 8.46. The maximum absolute atomic E-state index is 10.4. The highest BCUT2D eigenvalue weighted by atomic mass is 16.3. The van der Waals surface area contributed by atoms with Gasteiger partial charge in [-0.3, -0.25) is 0 Å². The Morgan fingerprint density at radius 3 is 2.50 bits per heavy atom. The molecular weight excluding hydrogens is 332 g/mol. The van der Waals surface area contributed by atoms with E-state index < -0.39 is 6.10 Å². The van der Waals surface area contributed by atoms with Crippen molar-refractivity contribution in [2.75, 3.05) is 13.2 Å². The Labute approximate surface area is 155 Å². The van der Waals surface area contributed by atoms with E-state index in [1.807, 2.05) is 12.1 Å². The molecule has 4 rings (SSSR count). The summed E-state index contributed by atoms with van der Waals surface area (Å²) in [6.45, 7) is 1.59. The molecule has 5 heteroatoms. The molecule has 0 saturated heterocycles. The van der Waals surface area contributed by atoms with Gasteiger partial charge >= 0.3 is 0 Å². The van der Waals surface area contributed by atoms with Gasteiger partial charge in [-0.25, -0.2) is 0 Å². The van der Waals surface area contributed by atoms with Gasteiger partial charge in [0.05, 0.1) is 19.3 Å². The van der Waals surface area contributed by atoms with Crippen LogP contribution in [0.15, 0.2) is 18.2 Å². The number of hydrogen-bond acceptors (Lipinski definition) is 5. The number of phenols is 1. The van der Waals surface area contributed by atoms with Crippen molar-refractivity contribution in [3.63, 3.8) is 0 Å². The van der Waals surface area contributed by atoms with E-state index in [9.17, 15) is 10.2 Å². The van der Waals surface area contributed by atoms with Gasteiger partial charge in [-0.05, 0) is 85.0 Å². The van der Waals surface area contributed by atoms with Crippen molar-refractivity contribution in [2.45, 2.75) is 63.6 Å². The number of rotatable bonds is 2. The Hall–Kier alpha value is -1.14. The maximum Gasteiger partial charge on any atom is 0.115 e. The van der Waals surface area contributed by atoms with Gasteiger partial charge in [0.25, 0.3) is 0 Å². The second-order valence-corrected chi connectivity index (χ2v) is 8.46. The highest BCUT2D eigenvalue weighted by Gasteiger charge is 2.54. The summed E-state index contributed by atoms with van der Waals surface area (Å²) < 4.78 is 0. The number of aliphatic hydroxyl groups is 4. The van der Waals surface area contributed by atoms with Gasteiger partial charge in [0.2, 0.25) is 0 Å². The largest absolute Gasteiger partial charge is 0.508 e. The zero-order chi connectivity index (χ0) is 18.9. The van der Waals surface area contributed by atoms with Crippen molar-refractivity contribution < 1.29 is 25.5 Å². The molecule has 3 aliphatic rings. The highest BCUT2D eigenvalue weighted by molar-refractivity contribution is 5.40. The first-order chi connectivity index (χ1) is 12.4. The third-order valence-corrected chi connectivity index (χ3v) is 7.08. The van der Waals surface area contributed by atoms with Crippen LogP contribution in [-0.4, -0.2) is 51.0 Å². The van der Waals surface area contributed by atoms with Gasteiger partial charge in [-0.1, -0.05) is 13.0 Å². The number of hydrogen-bond donors (Lipinski definition) is 5. The smallest absolute Gasteiger partial charge is 0.115 e. The van der Waals surface area contributed by atoms with Crippen LogP contribution in [0.5, 0.6) is 5.75 Å². The Bertz CT molecular complexity index is 614. The molecule has 0 bridgehead atoms. The van der Waals surface area contributed by atoms with Gasteiger partial charge in [0.1, 0.15) is 11.9 Å². The van der Waals surface area contributed by atoms with Crippen LogP contribution in [0.2, 0.25) is 0 Å². The average molecular weight is 364 g/mol. The third-order valence-electron chi connectivity index (χ3n) is 7.08. The summed E-state index contributed by atoms with van der Waals surface area (Å²) in [4.78, 5) is 0. The number of benzene rings is 1. The second kappa shape index (κ2) is 7.85. The zero-order valence-electron chi connectivity index (χ0n) is 15.5. The summed E-state index contributed by atoms with van der Waals surface area (Å²) in [6.07, 6.45) is 5.83. The Morgan fingerprint density at radius 1 is 1.12 bits per heavy atom. The molecule has 2 fully saturated rings. The lowest BCUT2D eigenvalue weighted by molar-refractivity contribution is -0.0226. The fourth-order valence-corrected chi connectivity index (χ4v) is 5.60. The van der Waals surface area contributed by atoms with Crippen LogP contribution in [0.3, 0.4) is 0 Å². The summed E-state index contributed by atoms with van der Waals surface area (Å²) in [5, 5.41) is 44.1. The van der Waals surface area contributed by atoms with Crippen molar-refractivity contribution in [2.24, 2.45) is 17.3 Å². The number of aryl methyl sites for hydroxylation is 1. The molecule has 1 aromatic carbocycles. The van der Waals surface area contributed by atoms with Gasteiger partial charge in [-0.2, -0.15) is 0 Å². The first-order valence-corrected chi connectivity index (χ1v) is 9.80. The minimum atomic E-state index is -0.954. The van der Waals surface area contributed by atoms with Gasteiger partial charge in [0, 0.05) is 0 Å². The predicted molar refractivity (Wildman–Crippen MR) is 98.9 cm³/mol. The van der Waals surface area contributed by atoms with Crippen molar-refractivity contribution in [1.29, 1.82) is 0 Å². The molecule has 2 saturated carbocycles. The topological polar surface area (TPSA) is 101 Å². The fraction of sp³-hybridized carbons (Fsp3) is 0.714. The average Bonchev–Trinajstić information content (AvgIpc) is 2.96. The molecule has 5 nitrogen and oxygen atoms in total. The van der Waals surface area contributed by atoms with Crippen LogP contribution in [0.1, 0.15) is 56.1 Å². The number of fused-ring (bicyclic) bond motifs is 5. The number of aliphatic hydroxyl groups excluding tert-OH is 4. The zero-order valence-corrected chi connectivity index (χ0v) is 15.5. The van der Waals surface area contributed by atoms with Crippen LogP contribution in [-0.2, 0) is 6.42 Å². The third kappa shape index (κ3) is 3.50. The molecule has 0 aromatic heterocycles. The molecule has 146 valence electrons. The number of aromatic hydroxyl groups is 1. The monoisotopic (exact) mass is 364 g/mol. The van der Waals surface area contributed by atoms with E-state index in [0.717, 1.165) is 25.2 Å². The molecule has 0 amide bonds. The van der Waals surface area contributed by atoms with E-state index in [1.54, 1.807) is 0 Å². The standard InChI is InChI=1S/C18H24O2.C3H8O3/c1-18-9-8-14-13-5-3-12(19)10-11(13)2-4-15(14)16(18)6-7-17(18)20;4-1-3(6)2-5/h3,5,10,14-17,19-20H,2,4,6-9H2,1H3;3-6H,1-2H2/t14-,15-,16+,17?,18+;/m1./s1. The summed E-state index contributed by atoms with van der Waals surface area (Å²) in [5.74, 6) is 2.49. The Balaban J connectivity index is 0.000000286. The minimum absolute atomic E-state index is 0.0883. The summed E-state index contributed by atoms with van der Waals surface area (Å²) >= 11 is 0. The lowest BCUT2D eigenvalue weighted by atomic mass is 9.55. The van der Waals surface area contributed by atoms with E-state index >= 15 is 0 Å². The first kappa shape index (κ1) is 19.6. The number of phenolic OH excluding ortho intramolecular Hbond substituents is 1. The van der Waals surface area contributed by atoms with Gasteiger partial charge < -0.3 is 25.5 Å². The van der Waals surface area contributed by atoms with Gasteiger partial charge in [0.15, 0.2) is 0 Å². The molecule has 1 aromatic rings. The SMILES string of the molecule is C[C@]12CC[C@@H]3c4ccc(O)cc4CC[C@H]3[C@@H]1CCC2O.OCC(O)CO. The van der Waals surface area contributed by atoms with Gasteiger partial charge in [-0.15, -0.1) is 0 Å². The highest BCUT2D eigenvalue weighted by Crippen LogP contribution is 2.60. The molecule has 5 atom stereocenters. The lowest BCUT2D eigenvalue weighted by Gasteiger charge is -2.50. The summed E-state index contributed by atoms with van der Waals surface area (Å²) in [5.41, 5.74) is 2.99.